The van der Waals surface area contributed by atoms with Crippen LogP contribution in [0.25, 0.3) is 10.8 Å². The zero-order chi connectivity index (χ0) is 14.9. The number of hydrogen-bond acceptors (Lipinski definition) is 4. The van der Waals surface area contributed by atoms with Crippen LogP contribution in [0.5, 0.6) is 5.75 Å². The first-order valence-electron chi connectivity index (χ1n) is 5.49. The second-order valence-corrected chi connectivity index (χ2v) is 5.47. The monoisotopic (exact) mass is 293 g/mol. The van der Waals surface area contributed by atoms with Gasteiger partial charge in [-0.25, -0.2) is 0 Å². The van der Waals surface area contributed by atoms with E-state index in [0.717, 1.165) is 12.1 Å². The molecule has 2 aromatic rings. The molecule has 0 aromatic heterocycles. The van der Waals surface area contributed by atoms with Crippen LogP contribution < -0.4 is 5.32 Å². The average molecular weight is 293 g/mol. The van der Waals surface area contributed by atoms with E-state index in [1.165, 1.54) is 18.2 Å². The van der Waals surface area contributed by atoms with E-state index in [1.807, 2.05) is 0 Å². The molecular formula is C13H11NO5S. The van der Waals surface area contributed by atoms with Gasteiger partial charge in [-0.05, 0) is 35.7 Å². The lowest BCUT2D eigenvalue weighted by atomic mass is 10.1. The first kappa shape index (κ1) is 14.0. The maximum atomic E-state index is 11.2. The summed E-state index contributed by atoms with van der Waals surface area (Å²) in [4.78, 5) is 10.8. The second-order valence-electron chi connectivity index (χ2n) is 4.05. The van der Waals surface area contributed by atoms with Crippen molar-refractivity contribution in [2.45, 2.75) is 4.90 Å². The molecule has 0 aliphatic rings. The van der Waals surface area contributed by atoms with Gasteiger partial charge in [-0.3, -0.25) is 9.35 Å². The van der Waals surface area contributed by atoms with Gasteiger partial charge in [-0.1, -0.05) is 6.58 Å². The average Bonchev–Trinajstić information content (AvgIpc) is 2.37. The highest BCUT2D eigenvalue weighted by Crippen LogP contribution is 2.30. The van der Waals surface area contributed by atoms with Crippen LogP contribution >= 0.6 is 0 Å². The van der Waals surface area contributed by atoms with Gasteiger partial charge in [0, 0.05) is 17.1 Å². The molecule has 3 N–H and O–H groups in total. The Balaban J connectivity index is 2.61. The Bertz CT molecular complexity index is 811. The largest absolute Gasteiger partial charge is 0.507 e. The van der Waals surface area contributed by atoms with Crippen molar-refractivity contribution in [1.29, 1.82) is 0 Å². The van der Waals surface area contributed by atoms with E-state index in [1.54, 1.807) is 6.07 Å². The molecule has 0 bridgehead atoms. The molecule has 7 heteroatoms. The van der Waals surface area contributed by atoms with Gasteiger partial charge in [0.2, 0.25) is 5.91 Å². The van der Waals surface area contributed by atoms with Crippen LogP contribution in [0.3, 0.4) is 0 Å². The third kappa shape index (κ3) is 2.79. The van der Waals surface area contributed by atoms with Gasteiger partial charge in [0.15, 0.2) is 0 Å². The number of carbonyl (C=O) groups excluding carboxylic acids is 1. The number of nitrogens with one attached hydrogen (secondary N) is 1. The van der Waals surface area contributed by atoms with E-state index in [9.17, 15) is 18.3 Å². The molecule has 1 amide bonds. The first-order valence-corrected chi connectivity index (χ1v) is 6.93. The summed E-state index contributed by atoms with van der Waals surface area (Å²) in [5.41, 5.74) is 0.411. The van der Waals surface area contributed by atoms with Gasteiger partial charge in [0.25, 0.3) is 10.1 Å². The van der Waals surface area contributed by atoms with E-state index in [-0.39, 0.29) is 5.75 Å². The summed E-state index contributed by atoms with van der Waals surface area (Å²) >= 11 is 0. The number of hydrogen-bond donors (Lipinski definition) is 3. The van der Waals surface area contributed by atoms with E-state index < -0.39 is 20.9 Å². The maximum absolute atomic E-state index is 11.2. The minimum absolute atomic E-state index is 0.281. The van der Waals surface area contributed by atoms with Gasteiger partial charge in [-0.15, -0.1) is 0 Å². The summed E-state index contributed by atoms with van der Waals surface area (Å²) in [6.45, 7) is 3.32. The summed E-state index contributed by atoms with van der Waals surface area (Å²) in [7, 11) is -4.42. The van der Waals surface area contributed by atoms with Crippen LogP contribution in [0.4, 0.5) is 5.69 Å². The SMILES string of the molecule is C=CC(=O)Nc1ccc2c(O)cc(S(=O)(=O)O)cc2c1. The molecule has 2 rings (SSSR count). The van der Waals surface area contributed by atoms with E-state index in [2.05, 4.69) is 11.9 Å². The Morgan fingerprint density at radius 1 is 1.25 bits per heavy atom. The molecule has 0 heterocycles. The molecule has 0 radical (unpaired) electrons. The number of phenolic OH excluding ortho intramolecular Hbond substituents is 1. The zero-order valence-electron chi connectivity index (χ0n) is 10.2. The highest BCUT2D eigenvalue weighted by atomic mass is 32.2. The summed E-state index contributed by atoms with van der Waals surface area (Å²) < 4.78 is 31.2. The molecule has 20 heavy (non-hydrogen) atoms. The third-order valence-electron chi connectivity index (χ3n) is 2.66. The molecule has 0 atom stereocenters. The van der Waals surface area contributed by atoms with Gasteiger partial charge in [-0.2, -0.15) is 8.42 Å². The van der Waals surface area contributed by atoms with Crippen molar-refractivity contribution in [2.75, 3.05) is 5.32 Å². The van der Waals surface area contributed by atoms with Crippen molar-refractivity contribution in [2.24, 2.45) is 0 Å². The van der Waals surface area contributed by atoms with Crippen LogP contribution in [0, 0.1) is 0 Å². The molecule has 2 aromatic carbocycles. The Labute approximate surface area is 115 Å². The predicted molar refractivity (Wildman–Crippen MR) is 74.3 cm³/mol. The summed E-state index contributed by atoms with van der Waals surface area (Å²) in [5.74, 6) is -0.698. The topological polar surface area (TPSA) is 104 Å². The lowest BCUT2D eigenvalue weighted by Crippen LogP contribution is -2.07. The quantitative estimate of drug-likeness (QED) is 0.592. The van der Waals surface area contributed by atoms with E-state index >= 15 is 0 Å². The van der Waals surface area contributed by atoms with Gasteiger partial charge in [0.1, 0.15) is 5.75 Å². The molecule has 0 saturated carbocycles. The Hall–Kier alpha value is -2.38. The number of carbonyl (C=O) groups is 1. The Morgan fingerprint density at radius 3 is 2.55 bits per heavy atom. The van der Waals surface area contributed by atoms with Crippen LogP contribution in [0.1, 0.15) is 0 Å². The molecule has 0 aliphatic carbocycles. The maximum Gasteiger partial charge on any atom is 0.294 e. The lowest BCUT2D eigenvalue weighted by Gasteiger charge is -2.07. The predicted octanol–water partition coefficient (Wildman–Crippen LogP) is 1.92. The minimum atomic E-state index is -4.42. The number of rotatable bonds is 3. The lowest BCUT2D eigenvalue weighted by molar-refractivity contribution is -0.111. The van der Waals surface area contributed by atoms with Crippen molar-refractivity contribution in [3.05, 3.63) is 43.0 Å². The van der Waals surface area contributed by atoms with Crippen molar-refractivity contribution in [3.8, 4) is 5.75 Å². The van der Waals surface area contributed by atoms with Crippen molar-refractivity contribution in [1.82, 2.24) is 0 Å². The number of amides is 1. The third-order valence-corrected chi connectivity index (χ3v) is 3.49. The smallest absolute Gasteiger partial charge is 0.294 e. The summed E-state index contributed by atoms with van der Waals surface area (Å²) in [5, 5.41) is 13.0. The number of benzene rings is 2. The Kier molecular flexibility index (Phi) is 3.47. The number of anilines is 1. The molecule has 0 spiro atoms. The zero-order valence-corrected chi connectivity index (χ0v) is 11.0. The number of phenols is 1. The van der Waals surface area contributed by atoms with Crippen molar-refractivity contribution >= 4 is 32.5 Å². The standard InChI is InChI=1S/C13H11NO5S/c1-2-13(16)14-9-3-4-11-8(5-9)6-10(7-12(11)15)20(17,18)19/h2-7,15H,1H2,(H,14,16)(H,17,18,19). The second kappa shape index (κ2) is 4.95. The summed E-state index contributed by atoms with van der Waals surface area (Å²) in [6, 6.07) is 6.71. The van der Waals surface area contributed by atoms with Gasteiger partial charge in [0.05, 0.1) is 4.90 Å². The molecule has 0 fully saturated rings. The molecule has 0 unspecified atom stereocenters. The highest BCUT2D eigenvalue weighted by Gasteiger charge is 2.13. The number of aromatic hydroxyl groups is 1. The summed E-state index contributed by atoms with van der Waals surface area (Å²) in [6.07, 6.45) is 1.09. The minimum Gasteiger partial charge on any atom is -0.507 e. The molecule has 6 nitrogen and oxygen atoms in total. The van der Waals surface area contributed by atoms with Crippen LogP contribution in [0.2, 0.25) is 0 Å². The fourth-order valence-corrected chi connectivity index (χ4v) is 2.28. The highest BCUT2D eigenvalue weighted by molar-refractivity contribution is 7.85. The van der Waals surface area contributed by atoms with E-state index in [4.69, 9.17) is 4.55 Å². The molecular weight excluding hydrogens is 282 g/mol. The van der Waals surface area contributed by atoms with Crippen LogP contribution in [-0.4, -0.2) is 24.0 Å². The van der Waals surface area contributed by atoms with Crippen molar-refractivity contribution in [3.63, 3.8) is 0 Å². The molecule has 0 aliphatic heterocycles. The fraction of sp³-hybridized carbons (Fsp3) is 0. The van der Waals surface area contributed by atoms with Crippen molar-refractivity contribution < 1.29 is 22.9 Å². The van der Waals surface area contributed by atoms with E-state index in [0.29, 0.717) is 16.5 Å². The number of fused-ring (bicyclic) bond motifs is 1. The molecule has 0 saturated heterocycles. The van der Waals surface area contributed by atoms with Gasteiger partial charge >= 0.3 is 0 Å². The fourth-order valence-electron chi connectivity index (χ4n) is 1.74. The van der Waals surface area contributed by atoms with Crippen LogP contribution in [-0.2, 0) is 14.9 Å². The molecule has 104 valence electrons. The first-order chi connectivity index (χ1) is 9.31. The van der Waals surface area contributed by atoms with Crippen LogP contribution in [0.15, 0.2) is 47.9 Å². The van der Waals surface area contributed by atoms with Gasteiger partial charge < -0.3 is 10.4 Å². The normalized spacial score (nSPS) is 11.2. The Morgan fingerprint density at radius 2 is 1.95 bits per heavy atom.